The fourth-order valence-electron chi connectivity index (χ4n) is 4.45. The van der Waals surface area contributed by atoms with Crippen LogP contribution < -0.4 is 24.4 Å². The molecule has 3 rings (SSSR count). The lowest BCUT2D eigenvalue weighted by atomic mass is 9.87. The zero-order valence-electron chi connectivity index (χ0n) is 19.5. The van der Waals surface area contributed by atoms with Crippen LogP contribution in [0.5, 0.6) is 17.2 Å². The molecule has 0 spiro atoms. The van der Waals surface area contributed by atoms with Crippen molar-refractivity contribution in [3.05, 3.63) is 53.1 Å². The van der Waals surface area contributed by atoms with Crippen molar-refractivity contribution in [2.75, 3.05) is 27.9 Å². The van der Waals surface area contributed by atoms with Crippen LogP contribution in [0.1, 0.15) is 43.5 Å². The van der Waals surface area contributed by atoms with E-state index < -0.39 is 0 Å². The molecule has 1 amide bonds. The number of ether oxygens (including phenoxy) is 3. The second-order valence-electron chi connectivity index (χ2n) is 8.52. The summed E-state index contributed by atoms with van der Waals surface area (Å²) in [5.41, 5.74) is 3.67. The highest BCUT2D eigenvalue weighted by Crippen LogP contribution is 2.35. The Kier molecular flexibility index (Phi) is 7.44. The van der Waals surface area contributed by atoms with Crippen molar-refractivity contribution in [3.8, 4) is 17.2 Å². The molecule has 1 heterocycles. The van der Waals surface area contributed by atoms with Gasteiger partial charge in [-0.1, -0.05) is 26.0 Å². The summed E-state index contributed by atoms with van der Waals surface area (Å²) in [5, 5.41) is 3.24. The number of hydrogen-bond donors (Lipinski definition) is 2. The first-order valence-electron chi connectivity index (χ1n) is 10.9. The van der Waals surface area contributed by atoms with Crippen LogP contribution in [-0.2, 0) is 17.8 Å². The third-order valence-corrected chi connectivity index (χ3v) is 6.10. The largest absolute Gasteiger partial charge is 0.497 e. The van der Waals surface area contributed by atoms with Crippen molar-refractivity contribution in [2.24, 2.45) is 5.92 Å². The zero-order valence-corrected chi connectivity index (χ0v) is 19.5. The molecule has 2 aromatic carbocycles. The van der Waals surface area contributed by atoms with Gasteiger partial charge in [0.25, 0.3) is 0 Å². The number of quaternary nitrogens is 1. The minimum Gasteiger partial charge on any atom is -0.497 e. The highest BCUT2D eigenvalue weighted by molar-refractivity contribution is 5.78. The Balaban J connectivity index is 1.99. The van der Waals surface area contributed by atoms with Crippen LogP contribution in [0.4, 0.5) is 0 Å². The lowest BCUT2D eigenvalue weighted by Crippen LogP contribution is -3.13. The Morgan fingerprint density at radius 1 is 1.06 bits per heavy atom. The van der Waals surface area contributed by atoms with Crippen LogP contribution >= 0.6 is 0 Å². The van der Waals surface area contributed by atoms with Crippen LogP contribution in [0.3, 0.4) is 0 Å². The van der Waals surface area contributed by atoms with Crippen molar-refractivity contribution in [3.63, 3.8) is 0 Å². The van der Waals surface area contributed by atoms with Gasteiger partial charge in [0, 0.05) is 23.5 Å². The highest BCUT2D eigenvalue weighted by Gasteiger charge is 2.37. The number of carbonyl (C=O) groups is 1. The van der Waals surface area contributed by atoms with Gasteiger partial charge in [-0.2, -0.15) is 0 Å². The Morgan fingerprint density at radius 2 is 1.77 bits per heavy atom. The molecule has 6 heteroatoms. The van der Waals surface area contributed by atoms with E-state index in [-0.39, 0.29) is 23.9 Å². The predicted octanol–water partition coefficient (Wildman–Crippen LogP) is 2.56. The number of nitrogens with one attached hydrogen (secondary N) is 2. The number of methoxy groups -OCH3 is 3. The van der Waals surface area contributed by atoms with Gasteiger partial charge >= 0.3 is 0 Å². The second-order valence-corrected chi connectivity index (χ2v) is 8.52. The summed E-state index contributed by atoms with van der Waals surface area (Å²) < 4.78 is 16.5. The van der Waals surface area contributed by atoms with Gasteiger partial charge in [-0.15, -0.1) is 0 Å². The Bertz CT molecular complexity index is 912. The van der Waals surface area contributed by atoms with Gasteiger partial charge in [0.2, 0.25) is 5.91 Å². The first kappa shape index (κ1) is 22.9. The summed E-state index contributed by atoms with van der Waals surface area (Å²) in [7, 11) is 5.01. The van der Waals surface area contributed by atoms with E-state index in [1.807, 2.05) is 26.0 Å². The Morgan fingerprint density at radius 3 is 2.42 bits per heavy atom. The smallest absolute Gasteiger partial charge is 0.222 e. The summed E-state index contributed by atoms with van der Waals surface area (Å²) in [4.78, 5) is 13.9. The molecule has 0 radical (unpaired) electrons. The second kappa shape index (κ2) is 10.1. The lowest BCUT2D eigenvalue weighted by Gasteiger charge is -2.38. The molecule has 1 aliphatic rings. The fourth-order valence-corrected chi connectivity index (χ4v) is 4.45. The zero-order chi connectivity index (χ0) is 22.5. The predicted molar refractivity (Wildman–Crippen MR) is 121 cm³/mol. The molecule has 0 saturated heterocycles. The van der Waals surface area contributed by atoms with E-state index in [1.54, 1.807) is 21.3 Å². The van der Waals surface area contributed by atoms with E-state index in [9.17, 15) is 4.79 Å². The molecule has 1 aliphatic heterocycles. The summed E-state index contributed by atoms with van der Waals surface area (Å²) in [5.74, 6) is 2.34. The molecule has 2 aromatic rings. The Hall–Kier alpha value is -2.73. The van der Waals surface area contributed by atoms with E-state index in [0.717, 1.165) is 36.8 Å². The van der Waals surface area contributed by atoms with Crippen LogP contribution in [0, 0.1) is 5.92 Å². The molecule has 168 valence electrons. The standard InChI is InChI=1S/C25H34N2O4/c1-16(2)25(28)26-17(3)24-21-14-23(31-6)22(30-5)13-19(21)10-11-27(24)15-18-8-7-9-20(12-18)29-4/h7-9,12-14,16-17,24H,10-11,15H2,1-6H3,(H,26,28)/p+1/t17-,24-/m1/s1. The van der Waals surface area contributed by atoms with E-state index in [2.05, 4.69) is 36.5 Å². The molecule has 0 aliphatic carbocycles. The number of carbonyl (C=O) groups excluding carboxylic acids is 1. The first-order valence-corrected chi connectivity index (χ1v) is 10.9. The van der Waals surface area contributed by atoms with Crippen LogP contribution in [0.15, 0.2) is 36.4 Å². The van der Waals surface area contributed by atoms with E-state index in [4.69, 9.17) is 14.2 Å². The maximum atomic E-state index is 12.5. The molecule has 0 saturated carbocycles. The van der Waals surface area contributed by atoms with Crippen LogP contribution in [-0.4, -0.2) is 39.8 Å². The molecule has 0 fully saturated rings. The molecule has 3 atom stereocenters. The van der Waals surface area contributed by atoms with Gasteiger partial charge in [-0.05, 0) is 36.8 Å². The average molecular weight is 428 g/mol. The number of benzene rings is 2. The average Bonchev–Trinajstić information content (AvgIpc) is 2.77. The van der Waals surface area contributed by atoms with Gasteiger partial charge in [0.15, 0.2) is 11.5 Å². The fraction of sp³-hybridized carbons (Fsp3) is 0.480. The number of rotatable bonds is 8. The molecular weight excluding hydrogens is 392 g/mol. The molecule has 0 bridgehead atoms. The van der Waals surface area contributed by atoms with Crippen LogP contribution in [0.2, 0.25) is 0 Å². The van der Waals surface area contributed by atoms with Crippen molar-refractivity contribution in [1.29, 1.82) is 0 Å². The number of hydrogen-bond acceptors (Lipinski definition) is 4. The van der Waals surface area contributed by atoms with E-state index in [1.165, 1.54) is 21.6 Å². The summed E-state index contributed by atoms with van der Waals surface area (Å²) >= 11 is 0. The maximum absolute atomic E-state index is 12.5. The van der Waals surface area contributed by atoms with Crippen molar-refractivity contribution < 1.29 is 23.9 Å². The van der Waals surface area contributed by atoms with Crippen molar-refractivity contribution in [2.45, 2.75) is 45.8 Å². The van der Waals surface area contributed by atoms with Gasteiger partial charge in [0.1, 0.15) is 18.3 Å². The normalized spacial score (nSPS) is 18.8. The molecule has 31 heavy (non-hydrogen) atoms. The van der Waals surface area contributed by atoms with Gasteiger partial charge < -0.3 is 24.4 Å². The quantitative estimate of drug-likeness (QED) is 0.680. The van der Waals surface area contributed by atoms with E-state index in [0.29, 0.717) is 0 Å². The van der Waals surface area contributed by atoms with Crippen molar-refractivity contribution >= 4 is 5.91 Å². The monoisotopic (exact) mass is 427 g/mol. The highest BCUT2D eigenvalue weighted by atomic mass is 16.5. The SMILES string of the molecule is COc1cccc(C[NH+]2CCc3cc(OC)c(OC)cc3[C@H]2[C@@H](C)NC(=O)C(C)C)c1. The molecule has 0 aromatic heterocycles. The van der Waals surface area contributed by atoms with Crippen LogP contribution in [0.25, 0.3) is 0 Å². The number of amides is 1. The van der Waals surface area contributed by atoms with E-state index >= 15 is 0 Å². The van der Waals surface area contributed by atoms with Crippen molar-refractivity contribution in [1.82, 2.24) is 5.32 Å². The molecule has 2 N–H and O–H groups in total. The van der Waals surface area contributed by atoms with Gasteiger partial charge in [-0.25, -0.2) is 0 Å². The minimum atomic E-state index is -0.0576. The summed E-state index contributed by atoms with van der Waals surface area (Å²) in [6.45, 7) is 7.75. The Labute approximate surface area is 185 Å². The topological polar surface area (TPSA) is 61.2 Å². The third kappa shape index (κ3) is 5.13. The molecular formula is C25H35N2O4+. The summed E-state index contributed by atoms with van der Waals surface area (Å²) in [6.07, 6.45) is 0.941. The minimum absolute atomic E-state index is 0.0346. The first-order chi connectivity index (χ1) is 14.9. The molecule has 1 unspecified atom stereocenters. The van der Waals surface area contributed by atoms with Gasteiger partial charge in [0.05, 0.1) is 33.9 Å². The summed E-state index contributed by atoms with van der Waals surface area (Å²) in [6, 6.07) is 12.4. The molecule has 6 nitrogen and oxygen atoms in total. The lowest BCUT2D eigenvalue weighted by molar-refractivity contribution is -0.948. The number of fused-ring (bicyclic) bond motifs is 1. The van der Waals surface area contributed by atoms with Gasteiger partial charge in [-0.3, -0.25) is 4.79 Å². The third-order valence-electron chi connectivity index (χ3n) is 6.10. The maximum Gasteiger partial charge on any atom is 0.222 e.